The Morgan fingerprint density at radius 2 is 1.78 bits per heavy atom. The maximum atomic E-state index is 10.2. The molecule has 1 heteroatoms. The second-order valence-electron chi connectivity index (χ2n) is 5.23. The summed E-state index contributed by atoms with van der Waals surface area (Å²) in [7, 11) is 0. The highest BCUT2D eigenvalue weighted by Crippen LogP contribution is 2.27. The van der Waals surface area contributed by atoms with Crippen molar-refractivity contribution in [1.29, 1.82) is 0 Å². The maximum absolute atomic E-state index is 10.2. The molecule has 0 saturated heterocycles. The lowest BCUT2D eigenvalue weighted by Gasteiger charge is -2.26. The van der Waals surface area contributed by atoms with Crippen molar-refractivity contribution in [2.75, 3.05) is 0 Å². The third-order valence-corrected chi connectivity index (χ3v) is 3.61. The molecule has 1 nitrogen and oxygen atoms in total. The molecule has 1 saturated carbocycles. The van der Waals surface area contributed by atoms with Crippen molar-refractivity contribution in [2.24, 2.45) is 0 Å². The Bertz CT molecular complexity index is 404. The molecule has 1 aliphatic rings. The van der Waals surface area contributed by atoms with E-state index in [9.17, 15) is 5.11 Å². The smallest absolute Gasteiger partial charge is 0.125 e. The van der Waals surface area contributed by atoms with E-state index in [1.165, 1.54) is 12.0 Å². The highest BCUT2D eigenvalue weighted by Gasteiger charge is 2.26. The molecule has 0 atom stereocenters. The Morgan fingerprint density at radius 3 is 2.50 bits per heavy atom. The Morgan fingerprint density at radius 1 is 1.06 bits per heavy atom. The van der Waals surface area contributed by atoms with Crippen molar-refractivity contribution in [3.63, 3.8) is 0 Å². The summed E-state index contributed by atoms with van der Waals surface area (Å²) in [5.74, 6) is 6.26. The first-order chi connectivity index (χ1) is 8.79. The quantitative estimate of drug-likeness (QED) is 0.633. The van der Waals surface area contributed by atoms with Gasteiger partial charge in [-0.3, -0.25) is 0 Å². The molecule has 1 aliphatic carbocycles. The normalized spacial score (nSPS) is 17.8. The zero-order valence-electron chi connectivity index (χ0n) is 11.0. The van der Waals surface area contributed by atoms with Crippen LogP contribution in [-0.2, 0) is 6.42 Å². The zero-order valence-corrected chi connectivity index (χ0v) is 11.0. The summed E-state index contributed by atoms with van der Waals surface area (Å²) in [5, 5.41) is 10.2. The number of benzene rings is 1. The van der Waals surface area contributed by atoms with Gasteiger partial charge in [0.05, 0.1) is 0 Å². The molecule has 1 aromatic rings. The van der Waals surface area contributed by atoms with Crippen molar-refractivity contribution < 1.29 is 5.11 Å². The molecule has 1 aromatic carbocycles. The molecule has 1 fully saturated rings. The van der Waals surface area contributed by atoms with Gasteiger partial charge in [-0.25, -0.2) is 0 Å². The lowest BCUT2D eigenvalue weighted by atomic mass is 9.85. The van der Waals surface area contributed by atoms with E-state index in [1.54, 1.807) is 0 Å². The van der Waals surface area contributed by atoms with Gasteiger partial charge < -0.3 is 5.11 Å². The predicted molar refractivity (Wildman–Crippen MR) is 75.2 cm³/mol. The molecule has 18 heavy (non-hydrogen) atoms. The van der Waals surface area contributed by atoms with Gasteiger partial charge in [0.15, 0.2) is 0 Å². The summed E-state index contributed by atoms with van der Waals surface area (Å²) in [6.45, 7) is 0. The molecule has 1 N–H and O–H groups in total. The lowest BCUT2D eigenvalue weighted by Crippen LogP contribution is -2.29. The summed E-state index contributed by atoms with van der Waals surface area (Å²) < 4.78 is 0. The van der Waals surface area contributed by atoms with Gasteiger partial charge in [-0.05, 0) is 44.1 Å². The fourth-order valence-corrected chi connectivity index (χ4v) is 2.51. The molecule has 0 amide bonds. The van der Waals surface area contributed by atoms with E-state index in [0.717, 1.165) is 44.9 Å². The van der Waals surface area contributed by atoms with E-state index in [2.05, 4.69) is 36.1 Å². The van der Waals surface area contributed by atoms with E-state index in [1.807, 2.05) is 6.07 Å². The van der Waals surface area contributed by atoms with Gasteiger partial charge in [0.1, 0.15) is 5.60 Å². The summed E-state index contributed by atoms with van der Waals surface area (Å²) in [6, 6.07) is 10.5. The van der Waals surface area contributed by atoms with E-state index >= 15 is 0 Å². The van der Waals surface area contributed by atoms with Crippen LogP contribution in [0, 0.1) is 11.8 Å². The SMILES string of the molecule is OC1(C#CCCCc2ccccc2)CCCCC1. The van der Waals surface area contributed by atoms with Crippen molar-refractivity contribution in [3.05, 3.63) is 35.9 Å². The van der Waals surface area contributed by atoms with Gasteiger partial charge in [0.2, 0.25) is 0 Å². The number of rotatable bonds is 3. The molecule has 0 radical (unpaired) electrons. The van der Waals surface area contributed by atoms with Gasteiger partial charge in [0.25, 0.3) is 0 Å². The molecule has 0 unspecified atom stereocenters. The van der Waals surface area contributed by atoms with Crippen LogP contribution in [0.15, 0.2) is 30.3 Å². The van der Waals surface area contributed by atoms with Gasteiger partial charge in [0, 0.05) is 6.42 Å². The number of aliphatic hydroxyl groups is 1. The third-order valence-electron chi connectivity index (χ3n) is 3.61. The summed E-state index contributed by atoms with van der Waals surface area (Å²) in [4.78, 5) is 0. The first-order valence-electron chi connectivity index (χ1n) is 7.05. The molecule has 96 valence electrons. The minimum atomic E-state index is -0.676. The van der Waals surface area contributed by atoms with Crippen LogP contribution in [0.5, 0.6) is 0 Å². The highest BCUT2D eigenvalue weighted by atomic mass is 16.3. The number of hydrogen-bond donors (Lipinski definition) is 1. The number of unbranched alkanes of at least 4 members (excludes halogenated alkanes) is 1. The third kappa shape index (κ3) is 4.20. The van der Waals surface area contributed by atoms with Gasteiger partial charge in [-0.1, -0.05) is 42.7 Å². The van der Waals surface area contributed by atoms with Crippen molar-refractivity contribution >= 4 is 0 Å². The number of hydrogen-bond acceptors (Lipinski definition) is 1. The average molecular weight is 242 g/mol. The molecule has 0 heterocycles. The Labute approximate surface area is 110 Å². The van der Waals surface area contributed by atoms with Crippen LogP contribution in [0.25, 0.3) is 0 Å². The number of aryl methyl sites for hydroxylation is 1. The van der Waals surface area contributed by atoms with Crippen molar-refractivity contribution in [3.8, 4) is 11.8 Å². The average Bonchev–Trinajstić information content (AvgIpc) is 2.40. The molecule has 0 spiro atoms. The molecule has 2 rings (SSSR count). The first kappa shape index (κ1) is 13.2. The van der Waals surface area contributed by atoms with Gasteiger partial charge >= 0.3 is 0 Å². The van der Waals surface area contributed by atoms with Crippen LogP contribution in [0.1, 0.15) is 50.5 Å². The zero-order chi connectivity index (χ0) is 12.7. The second-order valence-corrected chi connectivity index (χ2v) is 5.23. The molecule has 0 aromatic heterocycles. The van der Waals surface area contributed by atoms with E-state index in [-0.39, 0.29) is 0 Å². The van der Waals surface area contributed by atoms with Crippen LogP contribution in [0.3, 0.4) is 0 Å². The summed E-state index contributed by atoms with van der Waals surface area (Å²) in [6.07, 6.45) is 8.25. The van der Waals surface area contributed by atoms with Crippen molar-refractivity contribution in [1.82, 2.24) is 0 Å². The van der Waals surface area contributed by atoms with Gasteiger partial charge in [-0.15, -0.1) is 5.92 Å². The Balaban J connectivity index is 1.72. The predicted octanol–water partition coefficient (Wildman–Crippen LogP) is 3.71. The standard InChI is InChI=1S/C17H22O/c18-17(14-8-3-9-15-17)13-7-2-6-12-16-10-4-1-5-11-16/h1,4-5,10-11,18H,2-3,6,8-9,12,14-15H2. The molecule has 0 bridgehead atoms. The van der Waals surface area contributed by atoms with Crippen molar-refractivity contribution in [2.45, 2.75) is 57.0 Å². The van der Waals surface area contributed by atoms with E-state index in [0.29, 0.717) is 0 Å². The molecular weight excluding hydrogens is 220 g/mol. The topological polar surface area (TPSA) is 20.2 Å². The van der Waals surface area contributed by atoms with E-state index in [4.69, 9.17) is 0 Å². The summed E-state index contributed by atoms with van der Waals surface area (Å²) in [5.41, 5.74) is 0.695. The molecular formula is C17H22O. The van der Waals surface area contributed by atoms with E-state index < -0.39 is 5.60 Å². The minimum Gasteiger partial charge on any atom is -0.378 e. The molecule has 0 aliphatic heterocycles. The lowest BCUT2D eigenvalue weighted by molar-refractivity contribution is 0.0609. The Hall–Kier alpha value is -1.26. The maximum Gasteiger partial charge on any atom is 0.125 e. The second kappa shape index (κ2) is 6.61. The fraction of sp³-hybridized carbons (Fsp3) is 0.529. The van der Waals surface area contributed by atoms with Gasteiger partial charge in [-0.2, -0.15) is 0 Å². The van der Waals surface area contributed by atoms with Crippen LogP contribution in [0.4, 0.5) is 0 Å². The first-order valence-corrected chi connectivity index (χ1v) is 7.05. The minimum absolute atomic E-state index is 0.676. The van der Waals surface area contributed by atoms with Crippen LogP contribution in [-0.4, -0.2) is 10.7 Å². The largest absolute Gasteiger partial charge is 0.378 e. The Kier molecular flexibility index (Phi) is 4.84. The fourth-order valence-electron chi connectivity index (χ4n) is 2.51. The summed E-state index contributed by atoms with van der Waals surface area (Å²) >= 11 is 0. The van der Waals surface area contributed by atoms with Crippen LogP contribution < -0.4 is 0 Å². The monoisotopic (exact) mass is 242 g/mol. The highest BCUT2D eigenvalue weighted by molar-refractivity contribution is 5.16. The van der Waals surface area contributed by atoms with Crippen LogP contribution >= 0.6 is 0 Å². The van der Waals surface area contributed by atoms with Crippen LogP contribution in [0.2, 0.25) is 0 Å².